The summed E-state index contributed by atoms with van der Waals surface area (Å²) in [6, 6.07) is 20.7. The zero-order valence-electron chi connectivity index (χ0n) is 17.2. The highest BCUT2D eigenvalue weighted by Gasteiger charge is 2.13. The van der Waals surface area contributed by atoms with Gasteiger partial charge in [0.25, 0.3) is 5.91 Å². The summed E-state index contributed by atoms with van der Waals surface area (Å²) in [6.45, 7) is 3.40. The van der Waals surface area contributed by atoms with Crippen molar-refractivity contribution in [3.05, 3.63) is 96.2 Å². The maximum atomic E-state index is 12.5. The van der Waals surface area contributed by atoms with E-state index < -0.39 is 0 Å². The quantitative estimate of drug-likeness (QED) is 0.425. The van der Waals surface area contributed by atoms with Crippen molar-refractivity contribution in [1.29, 1.82) is 0 Å². The van der Waals surface area contributed by atoms with Crippen molar-refractivity contribution in [3.8, 4) is 11.5 Å². The Morgan fingerprint density at radius 2 is 1.74 bits per heavy atom. The Hall–Kier alpha value is -4.00. The molecule has 1 amide bonds. The molecule has 158 valence electrons. The van der Waals surface area contributed by atoms with E-state index in [1.807, 2.05) is 61.5 Å². The number of nitrogens with zero attached hydrogens (tertiary/aromatic N) is 2. The van der Waals surface area contributed by atoms with Gasteiger partial charge >= 0.3 is 0 Å². The van der Waals surface area contributed by atoms with Gasteiger partial charge in [0, 0.05) is 6.20 Å². The van der Waals surface area contributed by atoms with Gasteiger partial charge in [-0.05, 0) is 48.9 Å². The van der Waals surface area contributed by atoms with E-state index in [2.05, 4.69) is 10.4 Å². The molecule has 2 aromatic heterocycles. The van der Waals surface area contributed by atoms with Crippen LogP contribution in [0.2, 0.25) is 0 Å². The summed E-state index contributed by atoms with van der Waals surface area (Å²) in [5.74, 6) is 1.90. The molecule has 0 atom stereocenters. The molecule has 7 nitrogen and oxygen atoms in total. The molecule has 0 saturated carbocycles. The molecule has 0 bridgehead atoms. The third kappa shape index (κ3) is 5.54. The minimum Gasteiger partial charge on any atom is -0.494 e. The van der Waals surface area contributed by atoms with Gasteiger partial charge in [0.05, 0.1) is 25.0 Å². The number of aromatic nitrogens is 2. The fourth-order valence-electron chi connectivity index (χ4n) is 3.01. The summed E-state index contributed by atoms with van der Waals surface area (Å²) in [7, 11) is 0. The molecule has 2 heterocycles. The Morgan fingerprint density at radius 1 is 1.00 bits per heavy atom. The lowest BCUT2D eigenvalue weighted by molar-refractivity contribution is 0.0992. The number of carbonyl (C=O) groups is 1. The largest absolute Gasteiger partial charge is 0.494 e. The molecule has 4 rings (SSSR count). The second-order valence-electron chi connectivity index (χ2n) is 6.83. The first-order chi connectivity index (χ1) is 15.2. The zero-order valence-corrected chi connectivity index (χ0v) is 17.2. The van der Waals surface area contributed by atoms with Gasteiger partial charge in [-0.2, -0.15) is 5.10 Å². The topological polar surface area (TPSA) is 78.5 Å². The molecule has 7 heteroatoms. The number of nitrogens with one attached hydrogen (secondary N) is 1. The zero-order chi connectivity index (χ0) is 21.5. The number of anilines is 1. The molecule has 0 aliphatic heterocycles. The van der Waals surface area contributed by atoms with Crippen molar-refractivity contribution in [2.24, 2.45) is 0 Å². The van der Waals surface area contributed by atoms with E-state index in [-0.39, 0.29) is 18.3 Å². The molecule has 4 aromatic rings. The molecule has 0 saturated heterocycles. The summed E-state index contributed by atoms with van der Waals surface area (Å²) < 4.78 is 18.5. The Bertz CT molecular complexity index is 1120. The number of benzene rings is 2. The van der Waals surface area contributed by atoms with Crippen LogP contribution in [0.1, 0.15) is 28.8 Å². The minimum absolute atomic E-state index is 0.209. The normalized spacial score (nSPS) is 10.6. The molecule has 1 N–H and O–H groups in total. The number of amides is 1. The SMILES string of the molecule is CCOc1ccc(OCc2ccc(C(=O)Nc3cnn(Cc4ccccc4)c3)o2)cc1. The minimum atomic E-state index is -0.341. The van der Waals surface area contributed by atoms with E-state index in [9.17, 15) is 4.79 Å². The smallest absolute Gasteiger partial charge is 0.291 e. The number of rotatable bonds is 9. The Morgan fingerprint density at radius 3 is 2.48 bits per heavy atom. The number of furan rings is 1. The van der Waals surface area contributed by atoms with Crippen LogP contribution in [0.3, 0.4) is 0 Å². The van der Waals surface area contributed by atoms with Crippen molar-refractivity contribution < 1.29 is 18.7 Å². The van der Waals surface area contributed by atoms with Gasteiger partial charge in [-0.1, -0.05) is 30.3 Å². The van der Waals surface area contributed by atoms with E-state index in [1.165, 1.54) is 0 Å². The number of carbonyl (C=O) groups excluding carboxylic acids is 1. The third-order valence-electron chi connectivity index (χ3n) is 4.48. The first-order valence-electron chi connectivity index (χ1n) is 10.0. The van der Waals surface area contributed by atoms with Crippen molar-refractivity contribution in [1.82, 2.24) is 9.78 Å². The predicted octanol–water partition coefficient (Wildman–Crippen LogP) is 4.75. The lowest BCUT2D eigenvalue weighted by Gasteiger charge is -2.06. The lowest BCUT2D eigenvalue weighted by atomic mass is 10.2. The molecular formula is C24H23N3O4. The summed E-state index contributed by atoms with van der Waals surface area (Å²) >= 11 is 0. The van der Waals surface area contributed by atoms with Gasteiger partial charge in [-0.3, -0.25) is 9.48 Å². The number of hydrogen-bond acceptors (Lipinski definition) is 5. The maximum Gasteiger partial charge on any atom is 0.291 e. The van der Waals surface area contributed by atoms with Gasteiger partial charge < -0.3 is 19.2 Å². The molecule has 0 aliphatic carbocycles. The summed E-state index contributed by atoms with van der Waals surface area (Å²) in [5.41, 5.74) is 1.73. The van der Waals surface area contributed by atoms with Crippen LogP contribution in [0.5, 0.6) is 11.5 Å². The molecule has 2 aromatic carbocycles. The molecule has 0 radical (unpaired) electrons. The van der Waals surface area contributed by atoms with Crippen molar-refractivity contribution in [2.75, 3.05) is 11.9 Å². The van der Waals surface area contributed by atoms with E-state index >= 15 is 0 Å². The average Bonchev–Trinajstić information content (AvgIpc) is 3.44. The average molecular weight is 417 g/mol. The van der Waals surface area contributed by atoms with Crippen LogP contribution in [0, 0.1) is 0 Å². The van der Waals surface area contributed by atoms with Crippen LogP contribution in [-0.2, 0) is 13.2 Å². The van der Waals surface area contributed by atoms with Crippen LogP contribution in [0.15, 0.2) is 83.5 Å². The summed E-state index contributed by atoms with van der Waals surface area (Å²) in [5, 5.41) is 7.09. The van der Waals surface area contributed by atoms with Crippen LogP contribution in [0.25, 0.3) is 0 Å². The van der Waals surface area contributed by atoms with Gasteiger partial charge in [0.15, 0.2) is 5.76 Å². The number of ether oxygens (including phenoxy) is 2. The van der Waals surface area contributed by atoms with Gasteiger partial charge in [0.2, 0.25) is 0 Å². The molecule has 0 unspecified atom stereocenters. The molecule has 0 fully saturated rings. The first kappa shape index (κ1) is 20.3. The van der Waals surface area contributed by atoms with E-state index in [4.69, 9.17) is 13.9 Å². The van der Waals surface area contributed by atoms with Gasteiger partial charge in [-0.25, -0.2) is 0 Å². The first-order valence-corrected chi connectivity index (χ1v) is 10.0. The number of hydrogen-bond donors (Lipinski definition) is 1. The van der Waals surface area contributed by atoms with Crippen molar-refractivity contribution in [3.63, 3.8) is 0 Å². The Labute approximate surface area is 180 Å². The highest BCUT2D eigenvalue weighted by atomic mass is 16.5. The van der Waals surface area contributed by atoms with Crippen molar-refractivity contribution >= 4 is 11.6 Å². The molecular weight excluding hydrogens is 394 g/mol. The van der Waals surface area contributed by atoms with Crippen LogP contribution < -0.4 is 14.8 Å². The van der Waals surface area contributed by atoms with E-state index in [0.717, 1.165) is 11.3 Å². The molecule has 0 aliphatic rings. The predicted molar refractivity (Wildman–Crippen MR) is 116 cm³/mol. The standard InChI is InChI=1S/C24H23N3O4/c1-2-29-20-8-10-21(11-9-20)30-17-22-12-13-23(31-22)24(28)26-19-14-25-27(16-19)15-18-6-4-3-5-7-18/h3-14,16H,2,15,17H2,1H3,(H,26,28). The highest BCUT2D eigenvalue weighted by molar-refractivity contribution is 6.02. The highest BCUT2D eigenvalue weighted by Crippen LogP contribution is 2.19. The van der Waals surface area contributed by atoms with E-state index in [1.54, 1.807) is 29.2 Å². The Kier molecular flexibility index (Phi) is 6.32. The third-order valence-corrected chi connectivity index (χ3v) is 4.48. The van der Waals surface area contributed by atoms with Gasteiger partial charge in [0.1, 0.15) is 23.9 Å². The Balaban J connectivity index is 1.30. The van der Waals surface area contributed by atoms with Crippen LogP contribution in [-0.4, -0.2) is 22.3 Å². The monoisotopic (exact) mass is 417 g/mol. The second-order valence-corrected chi connectivity index (χ2v) is 6.83. The van der Waals surface area contributed by atoms with Crippen LogP contribution >= 0.6 is 0 Å². The fraction of sp³-hybridized carbons (Fsp3) is 0.167. The molecule has 31 heavy (non-hydrogen) atoms. The maximum absolute atomic E-state index is 12.5. The summed E-state index contributed by atoms with van der Waals surface area (Å²) in [6.07, 6.45) is 3.39. The molecule has 0 spiro atoms. The summed E-state index contributed by atoms with van der Waals surface area (Å²) in [4.78, 5) is 12.5. The second kappa shape index (κ2) is 9.67. The van der Waals surface area contributed by atoms with E-state index in [0.29, 0.717) is 30.3 Å². The van der Waals surface area contributed by atoms with Crippen molar-refractivity contribution in [2.45, 2.75) is 20.1 Å². The van der Waals surface area contributed by atoms with Crippen LogP contribution in [0.4, 0.5) is 5.69 Å². The van der Waals surface area contributed by atoms with Gasteiger partial charge in [-0.15, -0.1) is 0 Å². The lowest BCUT2D eigenvalue weighted by Crippen LogP contribution is -2.10. The fourth-order valence-corrected chi connectivity index (χ4v) is 3.01.